The van der Waals surface area contributed by atoms with Gasteiger partial charge in [-0.3, -0.25) is 9.59 Å². The van der Waals surface area contributed by atoms with E-state index in [1.165, 1.54) is 5.56 Å². The number of fused-ring (bicyclic) bond motifs is 2. The van der Waals surface area contributed by atoms with Gasteiger partial charge >= 0.3 is 6.09 Å². The van der Waals surface area contributed by atoms with Crippen LogP contribution in [0.3, 0.4) is 0 Å². The number of carbonyl (C=O) groups is 3. The van der Waals surface area contributed by atoms with Crippen LogP contribution in [0.5, 0.6) is 0 Å². The number of benzene rings is 4. The number of pyridine rings is 2. The maximum atomic E-state index is 13.3. The molecule has 3 amide bonds. The number of rotatable bonds is 14. The summed E-state index contributed by atoms with van der Waals surface area (Å²) < 4.78 is 5.53. The van der Waals surface area contributed by atoms with E-state index in [-0.39, 0.29) is 49.8 Å². The molecule has 75 heavy (non-hydrogen) atoms. The minimum atomic E-state index is -0.525. The van der Waals surface area contributed by atoms with E-state index in [2.05, 4.69) is 68.6 Å². The third-order valence-corrected chi connectivity index (χ3v) is 13.4. The molecule has 4 aliphatic rings. The smallest absolute Gasteiger partial charge is 0.410 e. The summed E-state index contributed by atoms with van der Waals surface area (Å²) in [7, 11) is 0. The number of para-hydroxylation sites is 2. The second-order valence-corrected chi connectivity index (χ2v) is 20.1. The summed E-state index contributed by atoms with van der Waals surface area (Å²) >= 11 is 0. The number of anilines is 4. The zero-order valence-corrected chi connectivity index (χ0v) is 45.4. The molecule has 15 heteroatoms. The number of likely N-dealkylation sites (tertiary alicyclic amines) is 1. The summed E-state index contributed by atoms with van der Waals surface area (Å²) in [4.78, 5) is 59.3. The Kier molecular flexibility index (Phi) is 18.8. The van der Waals surface area contributed by atoms with Gasteiger partial charge in [0.1, 0.15) is 17.2 Å². The van der Waals surface area contributed by atoms with Crippen molar-refractivity contribution in [2.45, 2.75) is 90.6 Å². The molecule has 6 aromatic rings. The maximum Gasteiger partial charge on any atom is 0.410 e. The molecule has 4 aliphatic heterocycles. The van der Waals surface area contributed by atoms with Crippen LogP contribution in [0.15, 0.2) is 132 Å². The van der Waals surface area contributed by atoms with E-state index in [0.717, 1.165) is 126 Å². The van der Waals surface area contributed by atoms with Crippen molar-refractivity contribution in [2.75, 3.05) is 60.5 Å². The zero-order chi connectivity index (χ0) is 50.9. The molecule has 2 saturated heterocycles. The predicted molar refractivity (Wildman–Crippen MR) is 299 cm³/mol. The average molecular weight is 1050 g/mol. The topological polar surface area (TPSA) is 174 Å². The van der Waals surface area contributed by atoms with Crippen molar-refractivity contribution in [3.8, 4) is 0 Å². The Morgan fingerprint density at radius 2 is 1.17 bits per heavy atom. The number of amides is 3. The minimum Gasteiger partial charge on any atom is -0.444 e. The fourth-order valence-electron chi connectivity index (χ4n) is 9.62. The molecule has 6 heterocycles. The van der Waals surface area contributed by atoms with Gasteiger partial charge in [-0.2, -0.15) is 0 Å². The summed E-state index contributed by atoms with van der Waals surface area (Å²) in [6.45, 7) is 14.8. The van der Waals surface area contributed by atoms with Crippen molar-refractivity contribution >= 4 is 63.7 Å². The van der Waals surface area contributed by atoms with Crippen LogP contribution in [0, 0.1) is 7.43 Å². The normalized spacial score (nSPS) is 16.1. The van der Waals surface area contributed by atoms with E-state index in [0.29, 0.717) is 42.2 Å². The standard InChI is InChI=1S/C32H37N5O3.C27H29N5O.CH3.V/c1-5-14-33-28-19-22(12-15-34-28)27-18-23-9-7-11-26(29(23)35-27)36-30(38)24-10-6-8-21(17-24)25-13-16-37(20-25)31(39)40-32(2,3)4;1-2-11-29-25-16-19(10-13-30-25)24-15-20-6-4-8-23(26(20)31-24)32-27(33)21-7-3-5-18(14-21)22-9-12-28-17-22;;/h6-12,15,17,19,25H,5,13-14,16,18,20H2,1-4H3,(H,33,34)(H,36,38);3-8,10,13-14,16,22,28H,2,9,11-12,15,17H2,1H3,(H,29,30)(H,32,33);1H3;/q;;-1;. The van der Waals surface area contributed by atoms with Crippen LogP contribution >= 0.6 is 0 Å². The molecule has 2 atom stereocenters. The molecule has 2 unspecified atom stereocenters. The van der Waals surface area contributed by atoms with Gasteiger partial charge in [-0.1, -0.05) is 62.4 Å². The van der Waals surface area contributed by atoms with E-state index in [1.807, 2.05) is 118 Å². The number of ether oxygens (including phenoxy) is 1. The van der Waals surface area contributed by atoms with E-state index >= 15 is 0 Å². The van der Waals surface area contributed by atoms with Gasteiger partial charge in [-0.05, 0) is 142 Å². The molecule has 0 aliphatic carbocycles. The number of aromatic nitrogens is 2. The van der Waals surface area contributed by atoms with Crippen LogP contribution in [0.4, 0.5) is 39.2 Å². The molecular formula is C60H69N10O4V-. The Morgan fingerprint density at radius 1 is 0.667 bits per heavy atom. The molecule has 14 nitrogen and oxygen atoms in total. The maximum absolute atomic E-state index is 13.3. The summed E-state index contributed by atoms with van der Waals surface area (Å²) in [5, 5.41) is 16.2. The second kappa shape index (κ2) is 25.4. The minimum absolute atomic E-state index is 0. The fraction of sp³-hybridized carbons (Fsp3) is 0.333. The van der Waals surface area contributed by atoms with Crippen LogP contribution in [-0.2, 0) is 36.1 Å². The molecule has 0 bridgehead atoms. The van der Waals surface area contributed by atoms with E-state index in [4.69, 9.17) is 14.7 Å². The number of hydrogen-bond donors (Lipinski definition) is 5. The van der Waals surface area contributed by atoms with Gasteiger partial charge in [0.25, 0.3) is 11.8 Å². The van der Waals surface area contributed by atoms with Gasteiger partial charge < -0.3 is 43.6 Å². The molecule has 2 fully saturated rings. The first kappa shape index (κ1) is 55.6. The molecule has 0 spiro atoms. The van der Waals surface area contributed by atoms with Gasteiger partial charge in [-0.15, -0.1) is 0 Å². The average Bonchev–Trinajstić information content (AvgIpc) is 4.26. The third kappa shape index (κ3) is 14.0. The fourth-order valence-corrected chi connectivity index (χ4v) is 9.62. The van der Waals surface area contributed by atoms with Crippen molar-refractivity contribution in [3.05, 3.63) is 174 Å². The molecular weight excluding hydrogens is 976 g/mol. The first-order valence-corrected chi connectivity index (χ1v) is 25.7. The number of nitrogens with zero attached hydrogens (tertiary/aromatic N) is 5. The third-order valence-electron chi connectivity index (χ3n) is 13.4. The van der Waals surface area contributed by atoms with Crippen molar-refractivity contribution < 1.29 is 37.7 Å². The Labute approximate surface area is 454 Å². The van der Waals surface area contributed by atoms with E-state index in [1.54, 1.807) is 11.1 Å². The van der Waals surface area contributed by atoms with Gasteiger partial charge in [-0.25, -0.2) is 24.7 Å². The molecule has 2 aromatic heterocycles. The quantitative estimate of drug-likeness (QED) is 0.0665. The van der Waals surface area contributed by atoms with Crippen molar-refractivity contribution in [1.29, 1.82) is 0 Å². The van der Waals surface area contributed by atoms with Crippen LogP contribution in [0.2, 0.25) is 0 Å². The molecule has 0 saturated carbocycles. The van der Waals surface area contributed by atoms with Gasteiger partial charge in [0, 0.05) is 105 Å². The zero-order valence-electron chi connectivity index (χ0n) is 44.0. The largest absolute Gasteiger partial charge is 0.444 e. The van der Waals surface area contributed by atoms with Crippen molar-refractivity contribution in [1.82, 2.24) is 20.2 Å². The summed E-state index contributed by atoms with van der Waals surface area (Å²) in [5.41, 5.74) is 12.3. The molecule has 4 aromatic carbocycles. The molecule has 5 N–H and O–H groups in total. The SMILES string of the molecule is CCCNc1cc(C2=Nc3c(cccc3NC(=O)c3cccc(C4CCN(C(=O)OC(C)(C)C)C4)c3)C2)ccn1.CCCNc1cc(C2=Nc3c(cccc3NC(=O)c3cccc(C4CCNC4)c3)C2)ccn1.[CH3-].[V]. The van der Waals surface area contributed by atoms with Crippen LogP contribution < -0.4 is 26.6 Å². The first-order valence-electron chi connectivity index (χ1n) is 25.7. The van der Waals surface area contributed by atoms with Crippen molar-refractivity contribution in [2.24, 2.45) is 9.98 Å². The van der Waals surface area contributed by atoms with Crippen LogP contribution in [0.1, 0.15) is 126 Å². The van der Waals surface area contributed by atoms with Crippen LogP contribution in [-0.4, -0.2) is 89.1 Å². The molecule has 1 radical (unpaired) electrons. The molecule has 10 rings (SSSR count). The summed E-state index contributed by atoms with van der Waals surface area (Å²) in [5.74, 6) is 2.04. The van der Waals surface area contributed by atoms with E-state index < -0.39 is 5.60 Å². The van der Waals surface area contributed by atoms with Gasteiger partial charge in [0.15, 0.2) is 0 Å². The summed E-state index contributed by atoms with van der Waals surface area (Å²) in [6, 6.07) is 35.6. The predicted octanol–water partition coefficient (Wildman–Crippen LogP) is 11.9. The van der Waals surface area contributed by atoms with Crippen molar-refractivity contribution in [3.63, 3.8) is 0 Å². The number of carbonyl (C=O) groups excluding carboxylic acids is 3. The van der Waals surface area contributed by atoms with Gasteiger partial charge in [0.2, 0.25) is 0 Å². The summed E-state index contributed by atoms with van der Waals surface area (Å²) in [6.07, 6.45) is 8.76. The Balaban J connectivity index is 0.000000216. The van der Waals surface area contributed by atoms with Crippen LogP contribution in [0.25, 0.3) is 0 Å². The number of nitrogens with one attached hydrogen (secondary N) is 5. The number of aliphatic imine (C=N–C) groups is 2. The van der Waals surface area contributed by atoms with Gasteiger partial charge in [0.05, 0.1) is 34.2 Å². The second-order valence-electron chi connectivity index (χ2n) is 20.1. The Morgan fingerprint density at radius 3 is 1.65 bits per heavy atom. The number of hydrogen-bond acceptors (Lipinski definition) is 11. The van der Waals surface area contributed by atoms with E-state index in [9.17, 15) is 14.4 Å². The molecule has 389 valence electrons. The Bertz CT molecular complexity index is 3050. The first-order chi connectivity index (χ1) is 35.4. The Hall–Kier alpha value is -7.13. The monoisotopic (exact) mass is 1040 g/mol.